The molecule has 0 amide bonds. The van der Waals surface area contributed by atoms with Crippen LogP contribution in [0.1, 0.15) is 45.2 Å². The van der Waals surface area contributed by atoms with Crippen LogP contribution in [0.2, 0.25) is 0 Å². The van der Waals surface area contributed by atoms with E-state index in [1.807, 2.05) is 42.5 Å². The summed E-state index contributed by atoms with van der Waals surface area (Å²) in [4.78, 5) is 25.8. The van der Waals surface area contributed by atoms with Gasteiger partial charge in [0.15, 0.2) is 23.3 Å². The molecule has 3 aromatic heterocycles. The minimum absolute atomic E-state index is 0.0387. The molecule has 0 N–H and O–H groups in total. The summed E-state index contributed by atoms with van der Waals surface area (Å²) < 4.78 is 2.36. The lowest BCUT2D eigenvalue weighted by atomic mass is 9.60. The lowest BCUT2D eigenvalue weighted by Gasteiger charge is -2.42. The smallest absolute Gasteiger partial charge is 0.164 e. The van der Waals surface area contributed by atoms with Crippen LogP contribution < -0.4 is 0 Å². The molecule has 6 nitrogen and oxygen atoms in total. The number of rotatable bonds is 8. The maximum Gasteiger partial charge on any atom is 0.164 e. The number of hydrogen-bond acceptors (Lipinski definition) is 5. The van der Waals surface area contributed by atoms with Gasteiger partial charge < -0.3 is 4.57 Å². The summed E-state index contributed by atoms with van der Waals surface area (Å²) in [5.41, 5.74) is 21.5. The van der Waals surface area contributed by atoms with Gasteiger partial charge in [-0.15, -0.1) is 0 Å². The van der Waals surface area contributed by atoms with Gasteiger partial charge in [-0.3, -0.25) is 0 Å². The van der Waals surface area contributed by atoms with Crippen molar-refractivity contribution in [3.63, 3.8) is 0 Å². The van der Waals surface area contributed by atoms with Gasteiger partial charge in [0.25, 0.3) is 0 Å². The Morgan fingerprint density at radius 3 is 1.25 bits per heavy atom. The summed E-state index contributed by atoms with van der Waals surface area (Å²) >= 11 is 0. The van der Waals surface area contributed by atoms with Crippen LogP contribution >= 0.6 is 0 Å². The van der Waals surface area contributed by atoms with Crippen molar-refractivity contribution in [1.82, 2.24) is 29.5 Å². The van der Waals surface area contributed by atoms with E-state index < -0.39 is 0 Å². The topological polar surface area (TPSA) is 69.4 Å². The highest BCUT2D eigenvalue weighted by molar-refractivity contribution is 6.10. The van der Waals surface area contributed by atoms with Gasteiger partial charge in [-0.1, -0.05) is 206 Å². The Labute approximate surface area is 434 Å². The number of nitrogens with zero attached hydrogens (tertiary/aromatic N) is 6. The van der Waals surface area contributed by atoms with E-state index in [-0.39, 0.29) is 11.8 Å². The molecule has 10 aromatic carbocycles. The summed E-state index contributed by atoms with van der Waals surface area (Å²) in [6.45, 7) is 0. The van der Waals surface area contributed by atoms with Crippen LogP contribution in [-0.4, -0.2) is 29.5 Å². The van der Waals surface area contributed by atoms with Gasteiger partial charge in [-0.2, -0.15) is 0 Å². The van der Waals surface area contributed by atoms with Crippen LogP contribution in [0.5, 0.6) is 0 Å². The van der Waals surface area contributed by atoms with Gasteiger partial charge in [-0.05, 0) is 93.0 Å². The van der Waals surface area contributed by atoms with Crippen molar-refractivity contribution in [2.24, 2.45) is 0 Å². The van der Waals surface area contributed by atoms with E-state index in [1.165, 1.54) is 60.8 Å². The lowest BCUT2D eigenvalue weighted by Crippen LogP contribution is -2.27. The first-order valence-electron chi connectivity index (χ1n) is 25.5. The van der Waals surface area contributed by atoms with E-state index in [4.69, 9.17) is 24.9 Å². The van der Waals surface area contributed by atoms with Gasteiger partial charge >= 0.3 is 0 Å². The molecule has 2 bridgehead atoms. The van der Waals surface area contributed by atoms with E-state index in [2.05, 4.69) is 217 Å². The molecule has 0 fully saturated rings. The van der Waals surface area contributed by atoms with Gasteiger partial charge in [0.2, 0.25) is 0 Å². The molecule has 75 heavy (non-hydrogen) atoms. The van der Waals surface area contributed by atoms with Gasteiger partial charge in [-0.25, -0.2) is 24.9 Å². The third kappa shape index (κ3) is 7.21. The monoisotopic (exact) mass is 956 g/mol. The summed E-state index contributed by atoms with van der Waals surface area (Å²) in [5, 5.41) is 2.47. The van der Waals surface area contributed by atoms with E-state index in [9.17, 15) is 0 Å². The average molecular weight is 957 g/mol. The quantitative estimate of drug-likeness (QED) is 0.152. The molecule has 0 aliphatic heterocycles. The van der Waals surface area contributed by atoms with Crippen LogP contribution in [0.25, 0.3) is 107 Å². The maximum atomic E-state index is 5.31. The number of aromatic nitrogens is 6. The Hall–Kier alpha value is -9.91. The zero-order valence-corrected chi connectivity index (χ0v) is 40.6. The Kier molecular flexibility index (Phi) is 9.91. The second-order valence-corrected chi connectivity index (χ2v) is 19.5. The number of hydrogen-bond donors (Lipinski definition) is 0. The third-order valence-corrected chi connectivity index (χ3v) is 15.2. The van der Waals surface area contributed by atoms with Crippen molar-refractivity contribution >= 4 is 21.8 Å². The number of fused-ring (bicyclic) bond motifs is 3. The van der Waals surface area contributed by atoms with Crippen LogP contribution in [0.3, 0.4) is 0 Å². The highest BCUT2D eigenvalue weighted by Crippen LogP contribution is 2.57. The van der Waals surface area contributed by atoms with Gasteiger partial charge in [0.05, 0.1) is 22.4 Å². The maximum absolute atomic E-state index is 5.31. The Morgan fingerprint density at radius 1 is 0.240 bits per heavy atom. The van der Waals surface area contributed by atoms with E-state index in [0.29, 0.717) is 23.3 Å². The predicted octanol–water partition coefficient (Wildman–Crippen LogP) is 16.4. The minimum Gasteiger partial charge on any atom is -0.309 e. The number of benzene rings is 10. The molecule has 0 spiro atoms. The van der Waals surface area contributed by atoms with Crippen LogP contribution in [0.4, 0.5) is 0 Å². The molecule has 13 aromatic rings. The fraction of sp³-hybridized carbons (Fsp3) is 0.0290. The zero-order valence-electron chi connectivity index (χ0n) is 40.6. The van der Waals surface area contributed by atoms with Crippen molar-refractivity contribution in [2.45, 2.75) is 11.8 Å². The summed E-state index contributed by atoms with van der Waals surface area (Å²) in [6, 6.07) is 90.6. The third-order valence-electron chi connectivity index (χ3n) is 15.2. The molecule has 16 rings (SSSR count). The summed E-state index contributed by atoms with van der Waals surface area (Å²) in [6.07, 6.45) is 0. The molecule has 2 unspecified atom stereocenters. The van der Waals surface area contributed by atoms with Gasteiger partial charge in [0.1, 0.15) is 0 Å². The molecule has 0 radical (unpaired) electrons. The minimum atomic E-state index is 0.0387. The van der Waals surface area contributed by atoms with Crippen molar-refractivity contribution in [1.29, 1.82) is 0 Å². The molecular formula is C69H44N6. The summed E-state index contributed by atoms with van der Waals surface area (Å²) in [5.74, 6) is 2.74. The highest BCUT2D eigenvalue weighted by Gasteiger charge is 2.41. The predicted molar refractivity (Wildman–Crippen MR) is 303 cm³/mol. The molecule has 3 aliphatic rings. The molecule has 0 saturated carbocycles. The fourth-order valence-corrected chi connectivity index (χ4v) is 11.8. The largest absolute Gasteiger partial charge is 0.309 e. The van der Waals surface area contributed by atoms with E-state index in [0.717, 1.165) is 56.0 Å². The average Bonchev–Trinajstić information content (AvgIpc) is 3.91. The first-order valence-corrected chi connectivity index (χ1v) is 25.5. The molecule has 3 heterocycles. The fourth-order valence-electron chi connectivity index (χ4n) is 11.8. The first kappa shape index (κ1) is 42.7. The Bertz CT molecular complexity index is 4280. The van der Waals surface area contributed by atoms with Gasteiger partial charge in [0, 0.05) is 61.7 Å². The van der Waals surface area contributed by atoms with E-state index >= 15 is 0 Å². The molecule has 0 saturated heterocycles. The Morgan fingerprint density at radius 2 is 0.653 bits per heavy atom. The molecule has 3 aliphatic carbocycles. The van der Waals surface area contributed by atoms with E-state index in [1.54, 1.807) is 0 Å². The lowest BCUT2D eigenvalue weighted by molar-refractivity contribution is 0.754. The normalized spacial score (nSPS) is 14.1. The van der Waals surface area contributed by atoms with Crippen molar-refractivity contribution in [2.75, 3.05) is 0 Å². The zero-order chi connectivity index (χ0) is 49.4. The van der Waals surface area contributed by atoms with Crippen LogP contribution in [-0.2, 0) is 0 Å². The second kappa shape index (κ2) is 17.4. The van der Waals surface area contributed by atoms with Crippen LogP contribution in [0.15, 0.2) is 255 Å². The number of para-hydroxylation sites is 2. The van der Waals surface area contributed by atoms with Crippen molar-refractivity contribution in [3.05, 3.63) is 288 Å². The molecular weight excluding hydrogens is 913 g/mol. The molecule has 350 valence electrons. The summed E-state index contributed by atoms with van der Waals surface area (Å²) in [7, 11) is 0. The SMILES string of the molecule is c1ccc(-c2nc(-c3ccc(-c4ccc5c(c4)c4ccccc4n5-c4ccccc4)cc3)cc(-c3ccc4c(c3)C3c5ccccc5C4c4cc(-c5nc(-c6ccccc6)nc(-c6ccccc6)n5)ccc43)n2)cc1. The Balaban J connectivity index is 0.807. The molecule has 2 atom stereocenters. The van der Waals surface area contributed by atoms with Crippen molar-refractivity contribution < 1.29 is 0 Å². The second-order valence-electron chi connectivity index (χ2n) is 19.5. The highest BCUT2D eigenvalue weighted by atomic mass is 15.0. The van der Waals surface area contributed by atoms with Crippen molar-refractivity contribution in [3.8, 4) is 84.9 Å². The first-order chi connectivity index (χ1) is 37.2. The van der Waals surface area contributed by atoms with Crippen LogP contribution in [0, 0.1) is 0 Å². The molecule has 6 heteroatoms. The standard InChI is InChI=1S/C69H44N6/c1-5-17-45(18-6-1)66-70-60(44-31-29-43(30-32-44)48-35-38-63-57(39-48)52-25-15-16-28-62(52)75(63)51-23-11-4-12-24-51)42-61(71-66)49-33-36-55-58(40-49)64-53-26-13-14-27-54(53)65(55)59-41-50(34-37-56(59)64)69-73-67(46-19-7-2-8-20-46)72-68(74-69)47-21-9-3-10-22-47/h1-42,64-65H.